The summed E-state index contributed by atoms with van der Waals surface area (Å²) in [4.78, 5) is 24.7. The number of nitrogens with zero attached hydrogens (tertiary/aromatic N) is 1. The molecule has 5 heteroatoms. The molecular formula is C15H20N2O3. The van der Waals surface area contributed by atoms with Crippen LogP contribution in [0.2, 0.25) is 0 Å². The standard InChI is InChI=1S/C15H20N2O3/c1-10-3-5-12(6-4-10)9-16-15(20)17-8-7-11(2)13(17)14(18)19/h3-6,11,13H,7-9H2,1-2H3,(H,16,20)(H,18,19). The SMILES string of the molecule is Cc1ccc(CNC(=O)N2CCC(C)C2C(=O)O)cc1. The molecule has 0 saturated carbocycles. The third-order valence-corrected chi connectivity index (χ3v) is 3.78. The Kier molecular flexibility index (Phi) is 4.27. The van der Waals surface area contributed by atoms with Crippen LogP contribution in [0, 0.1) is 12.8 Å². The van der Waals surface area contributed by atoms with E-state index in [1.165, 1.54) is 10.5 Å². The highest BCUT2D eigenvalue weighted by Gasteiger charge is 2.39. The first kappa shape index (κ1) is 14.4. The molecule has 2 rings (SSSR count). The zero-order chi connectivity index (χ0) is 14.7. The van der Waals surface area contributed by atoms with E-state index >= 15 is 0 Å². The number of benzene rings is 1. The molecule has 2 unspecified atom stereocenters. The van der Waals surface area contributed by atoms with Crippen LogP contribution in [0.5, 0.6) is 0 Å². The van der Waals surface area contributed by atoms with Gasteiger partial charge in [0.2, 0.25) is 0 Å². The lowest BCUT2D eigenvalue weighted by atomic mass is 10.0. The van der Waals surface area contributed by atoms with Crippen LogP contribution in [0.4, 0.5) is 4.79 Å². The minimum Gasteiger partial charge on any atom is -0.480 e. The van der Waals surface area contributed by atoms with Gasteiger partial charge in [0.25, 0.3) is 0 Å². The Bertz CT molecular complexity index is 498. The second kappa shape index (κ2) is 5.94. The molecule has 1 saturated heterocycles. The first-order chi connectivity index (χ1) is 9.49. The first-order valence-electron chi connectivity index (χ1n) is 6.82. The summed E-state index contributed by atoms with van der Waals surface area (Å²) in [5, 5.41) is 12.0. The summed E-state index contributed by atoms with van der Waals surface area (Å²) in [6.45, 7) is 4.78. The van der Waals surface area contributed by atoms with Crippen molar-refractivity contribution in [2.75, 3.05) is 6.54 Å². The lowest BCUT2D eigenvalue weighted by molar-refractivity contribution is -0.142. The maximum atomic E-state index is 12.1. The minimum atomic E-state index is -0.930. The van der Waals surface area contributed by atoms with Crippen molar-refractivity contribution in [1.82, 2.24) is 10.2 Å². The van der Waals surface area contributed by atoms with Gasteiger partial charge in [-0.05, 0) is 24.8 Å². The quantitative estimate of drug-likeness (QED) is 0.887. The zero-order valence-corrected chi connectivity index (χ0v) is 11.8. The van der Waals surface area contributed by atoms with Gasteiger partial charge in [-0.15, -0.1) is 0 Å². The van der Waals surface area contributed by atoms with Gasteiger partial charge in [0, 0.05) is 13.1 Å². The average molecular weight is 276 g/mol. The van der Waals surface area contributed by atoms with Gasteiger partial charge in [-0.2, -0.15) is 0 Å². The Labute approximate surface area is 118 Å². The van der Waals surface area contributed by atoms with E-state index in [9.17, 15) is 14.7 Å². The number of carboxylic acid groups (broad SMARTS) is 1. The predicted octanol–water partition coefficient (Wildman–Crippen LogP) is 2.00. The molecule has 0 radical (unpaired) electrons. The van der Waals surface area contributed by atoms with Crippen LogP contribution in [0.1, 0.15) is 24.5 Å². The molecule has 20 heavy (non-hydrogen) atoms. The van der Waals surface area contributed by atoms with Crippen molar-refractivity contribution in [2.24, 2.45) is 5.92 Å². The van der Waals surface area contributed by atoms with Crippen LogP contribution in [-0.4, -0.2) is 34.6 Å². The number of aliphatic carboxylic acids is 1. The highest BCUT2D eigenvalue weighted by Crippen LogP contribution is 2.24. The van der Waals surface area contributed by atoms with Gasteiger partial charge in [-0.1, -0.05) is 36.8 Å². The fraction of sp³-hybridized carbons (Fsp3) is 0.467. The van der Waals surface area contributed by atoms with E-state index in [0.717, 1.165) is 12.0 Å². The van der Waals surface area contributed by atoms with Crippen molar-refractivity contribution < 1.29 is 14.7 Å². The van der Waals surface area contributed by atoms with Crippen LogP contribution in [-0.2, 0) is 11.3 Å². The summed E-state index contributed by atoms with van der Waals surface area (Å²) < 4.78 is 0. The number of likely N-dealkylation sites (tertiary alicyclic amines) is 1. The molecule has 0 bridgehead atoms. The topological polar surface area (TPSA) is 69.6 Å². The Morgan fingerprint density at radius 2 is 2.00 bits per heavy atom. The minimum absolute atomic E-state index is 0.00220. The molecule has 108 valence electrons. The number of carbonyl (C=O) groups is 2. The smallest absolute Gasteiger partial charge is 0.326 e. The lowest BCUT2D eigenvalue weighted by Gasteiger charge is -2.23. The second-order valence-corrected chi connectivity index (χ2v) is 5.39. The highest BCUT2D eigenvalue weighted by atomic mass is 16.4. The first-order valence-corrected chi connectivity index (χ1v) is 6.82. The largest absolute Gasteiger partial charge is 0.480 e. The molecule has 1 heterocycles. The molecular weight excluding hydrogens is 256 g/mol. The summed E-state index contributed by atoms with van der Waals surface area (Å²) in [7, 11) is 0. The van der Waals surface area contributed by atoms with Crippen molar-refractivity contribution >= 4 is 12.0 Å². The predicted molar refractivity (Wildman–Crippen MR) is 75.3 cm³/mol. The summed E-state index contributed by atoms with van der Waals surface area (Å²) in [5.74, 6) is -0.932. The number of hydrogen-bond acceptors (Lipinski definition) is 2. The summed E-state index contributed by atoms with van der Waals surface area (Å²) in [5.41, 5.74) is 2.17. The van der Waals surface area contributed by atoms with Crippen LogP contribution < -0.4 is 5.32 Å². The number of nitrogens with one attached hydrogen (secondary N) is 1. The van der Waals surface area contributed by atoms with Gasteiger partial charge in [0.05, 0.1) is 0 Å². The van der Waals surface area contributed by atoms with Crippen molar-refractivity contribution in [3.05, 3.63) is 35.4 Å². The number of hydrogen-bond donors (Lipinski definition) is 2. The monoisotopic (exact) mass is 276 g/mol. The third-order valence-electron chi connectivity index (χ3n) is 3.78. The Hall–Kier alpha value is -2.04. The molecule has 0 spiro atoms. The lowest BCUT2D eigenvalue weighted by Crippen LogP contribution is -2.47. The summed E-state index contributed by atoms with van der Waals surface area (Å²) in [6, 6.07) is 6.86. The van der Waals surface area contributed by atoms with Gasteiger partial charge >= 0.3 is 12.0 Å². The number of urea groups is 1. The molecule has 2 N–H and O–H groups in total. The third kappa shape index (κ3) is 3.10. The number of aryl methyl sites for hydroxylation is 1. The van der Waals surface area contributed by atoms with Crippen LogP contribution in [0.25, 0.3) is 0 Å². The van der Waals surface area contributed by atoms with Gasteiger partial charge in [0.1, 0.15) is 6.04 Å². The fourth-order valence-corrected chi connectivity index (χ4v) is 2.54. The highest BCUT2D eigenvalue weighted by molar-refractivity contribution is 5.83. The molecule has 2 atom stereocenters. The van der Waals surface area contributed by atoms with E-state index in [1.54, 1.807) is 0 Å². The van der Waals surface area contributed by atoms with E-state index in [1.807, 2.05) is 38.1 Å². The Morgan fingerprint density at radius 3 is 2.60 bits per heavy atom. The zero-order valence-electron chi connectivity index (χ0n) is 11.8. The van der Waals surface area contributed by atoms with E-state index < -0.39 is 12.0 Å². The molecule has 1 aliphatic heterocycles. The van der Waals surface area contributed by atoms with Gasteiger partial charge in [0.15, 0.2) is 0 Å². The number of amides is 2. The van der Waals surface area contributed by atoms with E-state index in [-0.39, 0.29) is 11.9 Å². The molecule has 1 aromatic rings. The molecule has 0 aromatic heterocycles. The Morgan fingerprint density at radius 1 is 1.35 bits per heavy atom. The number of carbonyl (C=O) groups excluding carboxylic acids is 1. The molecule has 1 aliphatic rings. The number of rotatable bonds is 3. The summed E-state index contributed by atoms with van der Waals surface area (Å²) in [6.07, 6.45) is 0.731. The average Bonchev–Trinajstić information content (AvgIpc) is 2.80. The molecule has 1 aromatic carbocycles. The van der Waals surface area contributed by atoms with Crippen molar-refractivity contribution in [3.63, 3.8) is 0 Å². The maximum absolute atomic E-state index is 12.1. The van der Waals surface area contributed by atoms with E-state index in [0.29, 0.717) is 13.1 Å². The van der Waals surface area contributed by atoms with E-state index in [2.05, 4.69) is 5.32 Å². The Balaban J connectivity index is 1.94. The maximum Gasteiger partial charge on any atom is 0.326 e. The number of carboxylic acids is 1. The van der Waals surface area contributed by atoms with E-state index in [4.69, 9.17) is 0 Å². The molecule has 2 amide bonds. The molecule has 0 aliphatic carbocycles. The van der Waals surface area contributed by atoms with Crippen molar-refractivity contribution in [1.29, 1.82) is 0 Å². The fourth-order valence-electron chi connectivity index (χ4n) is 2.54. The van der Waals surface area contributed by atoms with Crippen molar-refractivity contribution in [2.45, 2.75) is 32.9 Å². The second-order valence-electron chi connectivity index (χ2n) is 5.39. The summed E-state index contributed by atoms with van der Waals surface area (Å²) >= 11 is 0. The normalized spacial score (nSPS) is 21.8. The van der Waals surface area contributed by atoms with Gasteiger partial charge in [-0.25, -0.2) is 9.59 Å². The van der Waals surface area contributed by atoms with Crippen molar-refractivity contribution in [3.8, 4) is 0 Å². The van der Waals surface area contributed by atoms with Crippen LogP contribution >= 0.6 is 0 Å². The van der Waals surface area contributed by atoms with Gasteiger partial charge < -0.3 is 15.3 Å². The molecule has 5 nitrogen and oxygen atoms in total. The van der Waals surface area contributed by atoms with Crippen LogP contribution in [0.3, 0.4) is 0 Å². The van der Waals surface area contributed by atoms with Crippen LogP contribution in [0.15, 0.2) is 24.3 Å². The molecule has 1 fully saturated rings. The van der Waals surface area contributed by atoms with Gasteiger partial charge in [-0.3, -0.25) is 0 Å².